The quantitative estimate of drug-likeness (QED) is 0.318. The van der Waals surface area contributed by atoms with Crippen LogP contribution in [-0.4, -0.2) is 132 Å². The molecule has 0 aromatic heterocycles. The van der Waals surface area contributed by atoms with Gasteiger partial charge in [-0.25, -0.2) is 4.79 Å². The number of carboxylic acid groups (broad SMARTS) is 1. The van der Waals surface area contributed by atoms with Crippen LogP contribution in [-0.2, 0) is 14.3 Å². The predicted octanol–water partition coefficient (Wildman–Crippen LogP) is -0.148. The highest BCUT2D eigenvalue weighted by Crippen LogP contribution is 2.30. The summed E-state index contributed by atoms with van der Waals surface area (Å²) in [4.78, 5) is 67.5. The van der Waals surface area contributed by atoms with Crippen LogP contribution in [0.2, 0.25) is 0 Å². The van der Waals surface area contributed by atoms with Crippen LogP contribution in [0.4, 0.5) is 4.79 Å². The standard InChI is InChI=1S/C26H33N5O8/c1-16-13-30(26(36)37)9-8-29(16)7-6-28-14-18(15-28)39-11-10-38-17-2-3-19-20(12-17)25(35)31(24(19)34)21-4-5-22(32)27-23(21)33/h2-3,12,16,18,21H,4-11,13-15H2,1H3,(H,36,37)(H,27,32,33)/t16-,21?/m0/s1. The van der Waals surface area contributed by atoms with Crippen molar-refractivity contribution in [3.63, 3.8) is 0 Å². The summed E-state index contributed by atoms with van der Waals surface area (Å²) in [5.41, 5.74) is 0.387. The average Bonchev–Trinajstić information content (AvgIpc) is 3.12. The van der Waals surface area contributed by atoms with Crippen molar-refractivity contribution in [3.05, 3.63) is 29.3 Å². The minimum absolute atomic E-state index is 0.0715. The molecule has 4 aliphatic rings. The molecule has 3 saturated heterocycles. The van der Waals surface area contributed by atoms with Crippen LogP contribution in [0.3, 0.4) is 0 Å². The molecule has 39 heavy (non-hydrogen) atoms. The van der Waals surface area contributed by atoms with Gasteiger partial charge in [0.2, 0.25) is 11.8 Å². The van der Waals surface area contributed by atoms with E-state index in [9.17, 15) is 24.0 Å². The zero-order chi connectivity index (χ0) is 27.7. The van der Waals surface area contributed by atoms with E-state index in [2.05, 4.69) is 22.0 Å². The van der Waals surface area contributed by atoms with Crippen LogP contribution in [0, 0.1) is 0 Å². The third-order valence-electron chi connectivity index (χ3n) is 7.78. The molecule has 4 aliphatic heterocycles. The number of nitrogens with zero attached hydrogens (tertiary/aromatic N) is 4. The Kier molecular flexibility index (Phi) is 7.82. The van der Waals surface area contributed by atoms with Gasteiger partial charge in [-0.15, -0.1) is 0 Å². The Morgan fingerprint density at radius 3 is 2.51 bits per heavy atom. The van der Waals surface area contributed by atoms with Crippen molar-refractivity contribution in [2.45, 2.75) is 38.0 Å². The number of carbonyl (C=O) groups is 5. The maximum atomic E-state index is 12.9. The second-order valence-electron chi connectivity index (χ2n) is 10.4. The van der Waals surface area contributed by atoms with Crippen LogP contribution >= 0.6 is 0 Å². The number of ether oxygens (including phenoxy) is 2. The molecule has 1 aromatic rings. The van der Waals surface area contributed by atoms with Crippen molar-refractivity contribution in [2.75, 3.05) is 59.0 Å². The van der Waals surface area contributed by atoms with E-state index in [-0.39, 0.29) is 42.7 Å². The molecule has 0 spiro atoms. The fourth-order valence-electron chi connectivity index (χ4n) is 5.50. The van der Waals surface area contributed by atoms with Crippen LogP contribution in [0.25, 0.3) is 0 Å². The van der Waals surface area contributed by atoms with Crippen molar-refractivity contribution in [3.8, 4) is 5.75 Å². The van der Waals surface area contributed by atoms with Gasteiger partial charge in [-0.2, -0.15) is 0 Å². The number of nitrogens with one attached hydrogen (secondary N) is 1. The first-order chi connectivity index (χ1) is 18.7. The van der Waals surface area contributed by atoms with Gasteiger partial charge in [0.1, 0.15) is 18.4 Å². The molecule has 0 bridgehead atoms. The van der Waals surface area contributed by atoms with Crippen LogP contribution in [0.5, 0.6) is 5.75 Å². The zero-order valence-electron chi connectivity index (χ0n) is 21.8. The first-order valence-electron chi connectivity index (χ1n) is 13.3. The molecule has 2 N–H and O–H groups in total. The molecule has 3 fully saturated rings. The minimum atomic E-state index is -1.000. The van der Waals surface area contributed by atoms with Crippen molar-refractivity contribution < 1.29 is 38.6 Å². The normalized spacial score (nSPS) is 24.5. The Morgan fingerprint density at radius 1 is 1.03 bits per heavy atom. The van der Waals surface area contributed by atoms with E-state index in [0.29, 0.717) is 25.4 Å². The summed E-state index contributed by atoms with van der Waals surface area (Å²) in [6.45, 7) is 7.99. The highest BCUT2D eigenvalue weighted by atomic mass is 16.5. The molecule has 4 heterocycles. The maximum absolute atomic E-state index is 12.9. The summed E-state index contributed by atoms with van der Waals surface area (Å²) in [5.74, 6) is -1.75. The van der Waals surface area contributed by atoms with Gasteiger partial charge in [0, 0.05) is 58.3 Å². The van der Waals surface area contributed by atoms with Gasteiger partial charge in [-0.1, -0.05) is 0 Å². The van der Waals surface area contributed by atoms with Crippen molar-refractivity contribution >= 4 is 29.7 Å². The Bertz CT molecular complexity index is 1170. The van der Waals surface area contributed by atoms with Crippen LogP contribution in [0.15, 0.2) is 18.2 Å². The number of amides is 5. The van der Waals surface area contributed by atoms with Crippen LogP contribution in [0.1, 0.15) is 40.5 Å². The molecular weight excluding hydrogens is 510 g/mol. The van der Waals surface area contributed by atoms with E-state index in [0.717, 1.165) is 37.6 Å². The van der Waals surface area contributed by atoms with E-state index in [4.69, 9.17) is 14.6 Å². The molecule has 0 saturated carbocycles. The van der Waals surface area contributed by atoms with Gasteiger partial charge in [-0.05, 0) is 31.5 Å². The van der Waals surface area contributed by atoms with Gasteiger partial charge in [0.05, 0.1) is 23.8 Å². The Hall–Kier alpha value is -3.55. The second kappa shape index (κ2) is 11.3. The van der Waals surface area contributed by atoms with Gasteiger partial charge in [0.15, 0.2) is 0 Å². The monoisotopic (exact) mass is 543 g/mol. The highest BCUT2D eigenvalue weighted by Gasteiger charge is 2.44. The smallest absolute Gasteiger partial charge is 0.407 e. The topological polar surface area (TPSA) is 149 Å². The number of rotatable bonds is 9. The van der Waals surface area contributed by atoms with E-state index >= 15 is 0 Å². The second-order valence-corrected chi connectivity index (χ2v) is 10.4. The minimum Gasteiger partial charge on any atom is -0.491 e. The lowest BCUT2D eigenvalue weighted by molar-refractivity contribution is -0.136. The van der Waals surface area contributed by atoms with E-state index in [1.54, 1.807) is 6.07 Å². The van der Waals surface area contributed by atoms with Gasteiger partial charge < -0.3 is 19.5 Å². The number of piperazine rings is 1. The molecule has 5 rings (SSSR count). The fraction of sp³-hybridized carbons (Fsp3) is 0.577. The summed E-state index contributed by atoms with van der Waals surface area (Å²) in [6.07, 6.45) is -0.555. The molecule has 210 valence electrons. The Balaban J connectivity index is 1.01. The number of hydrogen-bond acceptors (Lipinski definition) is 9. The lowest BCUT2D eigenvalue weighted by Gasteiger charge is -2.43. The lowest BCUT2D eigenvalue weighted by Crippen LogP contribution is -2.58. The van der Waals surface area contributed by atoms with Crippen LogP contribution < -0.4 is 10.1 Å². The molecule has 1 unspecified atom stereocenters. The number of fused-ring (bicyclic) bond motifs is 1. The number of benzene rings is 1. The fourth-order valence-corrected chi connectivity index (χ4v) is 5.50. The molecule has 1 aromatic carbocycles. The Labute approximate surface area is 225 Å². The summed E-state index contributed by atoms with van der Waals surface area (Å²) in [5, 5.41) is 11.3. The maximum Gasteiger partial charge on any atom is 0.407 e. The summed E-state index contributed by atoms with van der Waals surface area (Å²) in [7, 11) is 0. The summed E-state index contributed by atoms with van der Waals surface area (Å²) in [6, 6.07) is 3.84. The highest BCUT2D eigenvalue weighted by molar-refractivity contribution is 6.23. The number of carbonyl (C=O) groups excluding carboxylic acids is 4. The lowest BCUT2D eigenvalue weighted by atomic mass is 10.0. The predicted molar refractivity (Wildman–Crippen MR) is 135 cm³/mol. The van der Waals surface area contributed by atoms with E-state index < -0.39 is 35.8 Å². The molecule has 2 atom stereocenters. The van der Waals surface area contributed by atoms with Crippen molar-refractivity contribution in [1.29, 1.82) is 0 Å². The van der Waals surface area contributed by atoms with Gasteiger partial charge >= 0.3 is 6.09 Å². The molecule has 0 radical (unpaired) electrons. The first-order valence-corrected chi connectivity index (χ1v) is 13.3. The average molecular weight is 544 g/mol. The third kappa shape index (κ3) is 5.75. The molecule has 5 amide bonds. The summed E-state index contributed by atoms with van der Waals surface area (Å²) < 4.78 is 11.6. The number of likely N-dealkylation sites (tertiary alicyclic amines) is 1. The third-order valence-corrected chi connectivity index (χ3v) is 7.78. The number of imide groups is 2. The number of piperidine rings is 1. The Morgan fingerprint density at radius 2 is 1.79 bits per heavy atom. The summed E-state index contributed by atoms with van der Waals surface area (Å²) >= 11 is 0. The largest absolute Gasteiger partial charge is 0.491 e. The van der Waals surface area contributed by atoms with E-state index in [1.807, 2.05) is 0 Å². The number of hydrogen-bond donors (Lipinski definition) is 2. The molecule has 13 heteroatoms. The first kappa shape index (κ1) is 27.0. The SMILES string of the molecule is C[C@H]1CN(C(=O)O)CCN1CCN1CC(OCCOc2ccc3c(c2)C(=O)N(C2CCC(=O)NC2=O)C3=O)C1. The van der Waals surface area contributed by atoms with Crippen molar-refractivity contribution in [2.24, 2.45) is 0 Å². The molecule has 0 aliphatic carbocycles. The van der Waals surface area contributed by atoms with Gasteiger partial charge in [-0.3, -0.25) is 39.2 Å². The van der Waals surface area contributed by atoms with Crippen molar-refractivity contribution in [1.82, 2.24) is 24.9 Å². The van der Waals surface area contributed by atoms with E-state index in [1.165, 1.54) is 17.0 Å². The zero-order valence-corrected chi connectivity index (χ0v) is 21.8. The van der Waals surface area contributed by atoms with Gasteiger partial charge in [0.25, 0.3) is 11.8 Å². The molecule has 13 nitrogen and oxygen atoms in total. The molecular formula is C26H33N5O8.